The van der Waals surface area contributed by atoms with E-state index >= 15 is 0 Å². The van der Waals surface area contributed by atoms with E-state index in [1.54, 1.807) is 35.3 Å². The number of benzene rings is 2. The van der Waals surface area contributed by atoms with Crippen LogP contribution >= 0.6 is 0 Å². The average molecular weight is 446 g/mol. The van der Waals surface area contributed by atoms with Crippen LogP contribution < -0.4 is 9.78 Å². The Morgan fingerprint density at radius 3 is 2.14 bits per heavy atom. The number of carbonyl (C=O) groups is 3. The fourth-order valence-corrected chi connectivity index (χ4v) is 4.03. The molecule has 2 aromatic rings. The van der Waals surface area contributed by atoms with Crippen molar-refractivity contribution in [2.75, 3.05) is 14.2 Å². The zero-order valence-electron chi connectivity index (χ0n) is 15.6. The molecule has 1 amide bonds. The van der Waals surface area contributed by atoms with E-state index in [1.807, 2.05) is 30.3 Å². The van der Waals surface area contributed by atoms with E-state index in [0.29, 0.717) is 5.56 Å². The van der Waals surface area contributed by atoms with Crippen LogP contribution in [0.25, 0.3) is 0 Å². The van der Waals surface area contributed by atoms with E-state index < -0.39 is 23.4 Å². The molecule has 0 aromatic heterocycles. The van der Waals surface area contributed by atoms with Gasteiger partial charge in [0.2, 0.25) is 0 Å². The molecule has 28 heavy (non-hydrogen) atoms. The van der Waals surface area contributed by atoms with Crippen molar-refractivity contribution < 1.29 is 23.9 Å². The van der Waals surface area contributed by atoms with Crippen LogP contribution in [0.15, 0.2) is 71.7 Å². The molecule has 0 saturated carbocycles. The molecule has 0 aliphatic heterocycles. The summed E-state index contributed by atoms with van der Waals surface area (Å²) >= 11 is -0.103. The first-order valence-electron chi connectivity index (χ1n) is 8.43. The standard InChI is InChI=1S/C21H21NO5Se/c1-26-18(23)15-21(20(25)27-2,13-14-28-17-11-7-4-8-12-17)22-19(24)16-9-5-3-6-10-16/h3-14H,15H2,1-2H3,(H,22,24)/b14-13+/t21-/m0/s1. The molecule has 0 radical (unpaired) electrons. The number of amides is 1. The predicted molar refractivity (Wildman–Crippen MR) is 106 cm³/mol. The van der Waals surface area contributed by atoms with Gasteiger partial charge in [0.05, 0.1) is 0 Å². The van der Waals surface area contributed by atoms with Gasteiger partial charge in [0, 0.05) is 0 Å². The number of rotatable bonds is 8. The quantitative estimate of drug-likeness (QED) is 0.490. The molecular weight excluding hydrogens is 425 g/mol. The van der Waals surface area contributed by atoms with Crippen LogP contribution in [-0.4, -0.2) is 52.6 Å². The van der Waals surface area contributed by atoms with Gasteiger partial charge in [-0.05, 0) is 0 Å². The minimum absolute atomic E-state index is 0.103. The molecule has 6 nitrogen and oxygen atoms in total. The summed E-state index contributed by atoms with van der Waals surface area (Å²) < 4.78 is 10.7. The molecule has 146 valence electrons. The van der Waals surface area contributed by atoms with Crippen LogP contribution in [0.5, 0.6) is 0 Å². The number of hydrogen-bond donors (Lipinski definition) is 1. The number of hydrogen-bond acceptors (Lipinski definition) is 5. The Labute approximate surface area is 170 Å². The molecule has 1 atom stereocenters. The van der Waals surface area contributed by atoms with Crippen molar-refractivity contribution in [1.82, 2.24) is 5.32 Å². The SMILES string of the molecule is COC(=O)C[C@](/C=C/[Se]c1ccccc1)(NC(=O)c1ccccc1)C(=O)OC. The third kappa shape index (κ3) is 5.81. The Kier molecular flexibility index (Phi) is 7.99. The van der Waals surface area contributed by atoms with Gasteiger partial charge >= 0.3 is 170 Å². The van der Waals surface area contributed by atoms with E-state index in [9.17, 15) is 14.4 Å². The Morgan fingerprint density at radius 2 is 1.57 bits per heavy atom. The van der Waals surface area contributed by atoms with Crippen LogP contribution in [0.1, 0.15) is 16.8 Å². The number of carbonyl (C=O) groups excluding carboxylic acids is 3. The summed E-state index contributed by atoms with van der Waals surface area (Å²) in [5.74, 6) is -1.88. The van der Waals surface area contributed by atoms with Crippen molar-refractivity contribution in [3.8, 4) is 0 Å². The van der Waals surface area contributed by atoms with Crippen LogP contribution in [0.2, 0.25) is 0 Å². The first-order chi connectivity index (χ1) is 13.5. The van der Waals surface area contributed by atoms with Gasteiger partial charge in [0.1, 0.15) is 0 Å². The summed E-state index contributed by atoms with van der Waals surface area (Å²) in [4.78, 5) is 39.1. The van der Waals surface area contributed by atoms with E-state index in [4.69, 9.17) is 9.47 Å². The molecule has 7 heteroatoms. The third-order valence-corrected chi connectivity index (χ3v) is 5.59. The van der Waals surface area contributed by atoms with Crippen molar-refractivity contribution in [2.45, 2.75) is 12.0 Å². The van der Waals surface area contributed by atoms with Gasteiger partial charge in [-0.15, -0.1) is 0 Å². The molecule has 0 bridgehead atoms. The second kappa shape index (κ2) is 10.4. The Bertz CT molecular complexity index is 838. The fourth-order valence-electron chi connectivity index (χ4n) is 2.41. The fraction of sp³-hybridized carbons (Fsp3) is 0.190. The van der Waals surface area contributed by atoms with Crippen LogP contribution in [0.3, 0.4) is 0 Å². The molecule has 1 N–H and O–H groups in total. The molecule has 0 spiro atoms. The van der Waals surface area contributed by atoms with Crippen LogP contribution in [0, 0.1) is 0 Å². The number of methoxy groups -OCH3 is 2. The molecule has 2 rings (SSSR count). The van der Waals surface area contributed by atoms with Gasteiger partial charge in [-0.25, -0.2) is 0 Å². The molecule has 2 aromatic carbocycles. The summed E-state index contributed by atoms with van der Waals surface area (Å²) in [5, 5.41) is 2.66. The molecule has 0 aliphatic rings. The van der Waals surface area contributed by atoms with Crippen LogP contribution in [-0.2, 0) is 19.1 Å². The van der Waals surface area contributed by atoms with Gasteiger partial charge < -0.3 is 0 Å². The summed E-state index contributed by atoms with van der Waals surface area (Å²) in [6.45, 7) is 0. The molecule has 0 unspecified atom stereocenters. The predicted octanol–water partition coefficient (Wildman–Crippen LogP) is 1.43. The second-order valence-corrected chi connectivity index (χ2v) is 7.82. The maximum atomic E-state index is 12.7. The van der Waals surface area contributed by atoms with Gasteiger partial charge in [0.15, 0.2) is 0 Å². The number of esters is 2. The summed E-state index contributed by atoms with van der Waals surface area (Å²) in [7, 11) is 2.43. The Hall–Kier alpha value is -2.89. The molecule has 0 saturated heterocycles. The van der Waals surface area contributed by atoms with E-state index in [2.05, 4.69) is 5.32 Å². The Balaban J connectivity index is 2.34. The zero-order valence-corrected chi connectivity index (χ0v) is 17.3. The maximum absolute atomic E-state index is 12.7. The van der Waals surface area contributed by atoms with Gasteiger partial charge in [-0.2, -0.15) is 0 Å². The van der Waals surface area contributed by atoms with Crippen molar-refractivity contribution in [3.05, 3.63) is 77.3 Å². The van der Waals surface area contributed by atoms with Crippen LogP contribution in [0.4, 0.5) is 0 Å². The molecule has 0 heterocycles. The van der Waals surface area contributed by atoms with Crippen molar-refractivity contribution in [3.63, 3.8) is 0 Å². The van der Waals surface area contributed by atoms with E-state index in [1.165, 1.54) is 20.3 Å². The normalized spacial score (nSPS) is 12.8. The summed E-state index contributed by atoms with van der Waals surface area (Å²) in [6, 6.07) is 18.1. The topological polar surface area (TPSA) is 81.7 Å². The average Bonchev–Trinajstić information content (AvgIpc) is 2.74. The summed E-state index contributed by atoms with van der Waals surface area (Å²) in [5.41, 5.74) is -1.30. The second-order valence-electron chi connectivity index (χ2n) is 5.77. The minimum atomic E-state index is -1.66. The van der Waals surface area contributed by atoms with E-state index in [0.717, 1.165) is 4.46 Å². The zero-order chi connectivity index (χ0) is 20.4. The monoisotopic (exact) mass is 447 g/mol. The summed E-state index contributed by atoms with van der Waals surface area (Å²) in [6.07, 6.45) is 1.14. The van der Waals surface area contributed by atoms with Crippen molar-refractivity contribution in [1.29, 1.82) is 0 Å². The van der Waals surface area contributed by atoms with Gasteiger partial charge in [0.25, 0.3) is 0 Å². The molecule has 0 aliphatic carbocycles. The van der Waals surface area contributed by atoms with Gasteiger partial charge in [-0.1, -0.05) is 0 Å². The van der Waals surface area contributed by atoms with Crippen molar-refractivity contribution >= 4 is 37.3 Å². The molecular formula is C21H21NO5Se. The number of nitrogens with one attached hydrogen (secondary N) is 1. The number of ether oxygens (including phenoxy) is 2. The first-order valence-corrected chi connectivity index (χ1v) is 10.3. The third-order valence-electron chi connectivity index (χ3n) is 3.87. The Morgan fingerprint density at radius 1 is 0.964 bits per heavy atom. The van der Waals surface area contributed by atoms with Gasteiger partial charge in [-0.3, -0.25) is 0 Å². The first kappa shape index (κ1) is 21.4. The van der Waals surface area contributed by atoms with E-state index in [-0.39, 0.29) is 21.4 Å². The molecule has 0 fully saturated rings. The van der Waals surface area contributed by atoms with Crippen molar-refractivity contribution in [2.24, 2.45) is 0 Å².